The molecule has 0 bridgehead atoms. The summed E-state index contributed by atoms with van der Waals surface area (Å²) in [5, 5.41) is 0. The third-order valence-electron chi connectivity index (χ3n) is 3.11. The molecule has 0 spiro atoms. The van der Waals surface area contributed by atoms with E-state index in [2.05, 4.69) is 11.1 Å². The van der Waals surface area contributed by atoms with Gasteiger partial charge in [-0.2, -0.15) is 0 Å². The molecule has 0 saturated heterocycles. The van der Waals surface area contributed by atoms with Gasteiger partial charge in [-0.15, -0.1) is 0 Å². The Morgan fingerprint density at radius 2 is 2.24 bits per heavy atom. The quantitative estimate of drug-likeness (QED) is 0.812. The van der Waals surface area contributed by atoms with E-state index < -0.39 is 0 Å². The van der Waals surface area contributed by atoms with Crippen molar-refractivity contribution in [3.63, 3.8) is 0 Å². The third-order valence-corrected chi connectivity index (χ3v) is 3.11. The van der Waals surface area contributed by atoms with Crippen LogP contribution in [0.15, 0.2) is 35.3 Å². The number of pyridine rings is 1. The Morgan fingerprint density at radius 3 is 3.06 bits per heavy atom. The number of aryl methyl sites for hydroxylation is 1. The van der Waals surface area contributed by atoms with Gasteiger partial charge in [0.05, 0.1) is 6.61 Å². The number of para-hydroxylation sites is 1. The lowest BCUT2D eigenvalue weighted by molar-refractivity contribution is 0.358. The first-order valence-electron chi connectivity index (χ1n) is 5.70. The van der Waals surface area contributed by atoms with Crippen LogP contribution in [0.5, 0.6) is 5.75 Å². The Hall–Kier alpha value is -2.03. The van der Waals surface area contributed by atoms with Crippen LogP contribution in [0.3, 0.4) is 0 Å². The average Bonchev–Trinajstić information content (AvgIpc) is 2.80. The second kappa shape index (κ2) is 3.77. The molecule has 86 valence electrons. The molecule has 3 nitrogen and oxygen atoms in total. The number of rotatable bonds is 1. The predicted octanol–water partition coefficient (Wildman–Crippen LogP) is 2.29. The van der Waals surface area contributed by atoms with Gasteiger partial charge < -0.3 is 9.72 Å². The molecule has 0 radical (unpaired) electrons. The molecule has 0 aliphatic carbocycles. The molecule has 17 heavy (non-hydrogen) atoms. The maximum absolute atomic E-state index is 11.3. The summed E-state index contributed by atoms with van der Waals surface area (Å²) >= 11 is 0. The van der Waals surface area contributed by atoms with E-state index >= 15 is 0 Å². The number of H-pyrrole nitrogens is 1. The number of nitrogens with one attached hydrogen (secondary N) is 1. The van der Waals surface area contributed by atoms with Gasteiger partial charge in [-0.1, -0.05) is 18.2 Å². The summed E-state index contributed by atoms with van der Waals surface area (Å²) in [6, 6.07) is 8.04. The SMILES string of the molecule is Cc1cc(-c2cccc3c2OCC3)c[nH]c1=O. The Labute approximate surface area is 99.1 Å². The van der Waals surface area contributed by atoms with E-state index in [9.17, 15) is 4.79 Å². The second-order valence-electron chi connectivity index (χ2n) is 4.29. The zero-order valence-corrected chi connectivity index (χ0v) is 9.62. The summed E-state index contributed by atoms with van der Waals surface area (Å²) in [5.74, 6) is 0.957. The van der Waals surface area contributed by atoms with Crippen molar-refractivity contribution in [3.8, 4) is 16.9 Å². The van der Waals surface area contributed by atoms with E-state index in [4.69, 9.17) is 4.74 Å². The lowest BCUT2D eigenvalue weighted by Gasteiger charge is -2.08. The van der Waals surface area contributed by atoms with Gasteiger partial charge in [0.25, 0.3) is 5.56 Å². The number of ether oxygens (including phenoxy) is 1. The minimum Gasteiger partial charge on any atom is -0.492 e. The van der Waals surface area contributed by atoms with Crippen LogP contribution in [0.2, 0.25) is 0 Å². The molecule has 3 rings (SSSR count). The smallest absolute Gasteiger partial charge is 0.250 e. The maximum atomic E-state index is 11.3. The molecule has 1 aromatic carbocycles. The Bertz CT molecular complexity index is 628. The number of fused-ring (bicyclic) bond motifs is 1. The highest BCUT2D eigenvalue weighted by Gasteiger charge is 2.17. The summed E-state index contributed by atoms with van der Waals surface area (Å²) in [5.41, 5.74) is 3.98. The van der Waals surface area contributed by atoms with E-state index in [1.165, 1.54) is 5.56 Å². The lowest BCUT2D eigenvalue weighted by atomic mass is 10.0. The zero-order chi connectivity index (χ0) is 11.8. The molecule has 2 heterocycles. The van der Waals surface area contributed by atoms with Crippen molar-refractivity contribution in [3.05, 3.63) is 51.9 Å². The van der Waals surface area contributed by atoms with E-state index in [0.717, 1.165) is 35.5 Å². The van der Waals surface area contributed by atoms with Crippen molar-refractivity contribution < 1.29 is 4.74 Å². The summed E-state index contributed by atoms with van der Waals surface area (Å²) in [6.07, 6.45) is 2.71. The van der Waals surface area contributed by atoms with Crippen molar-refractivity contribution >= 4 is 0 Å². The molecule has 1 aliphatic heterocycles. The van der Waals surface area contributed by atoms with Gasteiger partial charge in [-0.3, -0.25) is 4.79 Å². The largest absolute Gasteiger partial charge is 0.492 e. The highest BCUT2D eigenvalue weighted by atomic mass is 16.5. The summed E-state index contributed by atoms with van der Waals surface area (Å²) in [6.45, 7) is 2.56. The molecule has 1 aromatic heterocycles. The van der Waals surface area contributed by atoms with Gasteiger partial charge >= 0.3 is 0 Å². The normalized spacial score (nSPS) is 13.2. The Kier molecular flexibility index (Phi) is 2.25. The molecule has 0 unspecified atom stereocenters. The lowest BCUT2D eigenvalue weighted by Crippen LogP contribution is -2.08. The Morgan fingerprint density at radius 1 is 1.35 bits per heavy atom. The molecule has 2 aromatic rings. The molecule has 3 heteroatoms. The minimum absolute atomic E-state index is 0.0396. The van der Waals surface area contributed by atoms with Crippen LogP contribution in [-0.2, 0) is 6.42 Å². The highest BCUT2D eigenvalue weighted by molar-refractivity contribution is 5.72. The highest BCUT2D eigenvalue weighted by Crippen LogP contribution is 2.36. The average molecular weight is 227 g/mol. The summed E-state index contributed by atoms with van der Waals surface area (Å²) in [4.78, 5) is 14.1. The minimum atomic E-state index is -0.0396. The maximum Gasteiger partial charge on any atom is 0.250 e. The van der Waals surface area contributed by atoms with Crippen molar-refractivity contribution in [2.75, 3.05) is 6.61 Å². The van der Waals surface area contributed by atoms with Crippen LogP contribution >= 0.6 is 0 Å². The van der Waals surface area contributed by atoms with Crippen LogP contribution in [0.4, 0.5) is 0 Å². The monoisotopic (exact) mass is 227 g/mol. The number of aromatic amines is 1. The fourth-order valence-corrected chi connectivity index (χ4v) is 2.20. The molecule has 1 aliphatic rings. The summed E-state index contributed by atoms with van der Waals surface area (Å²) in [7, 11) is 0. The van der Waals surface area contributed by atoms with Crippen LogP contribution in [-0.4, -0.2) is 11.6 Å². The predicted molar refractivity (Wildman–Crippen MR) is 66.4 cm³/mol. The number of hydrogen-bond acceptors (Lipinski definition) is 2. The number of hydrogen-bond donors (Lipinski definition) is 1. The van der Waals surface area contributed by atoms with Crippen molar-refractivity contribution in [1.29, 1.82) is 0 Å². The fraction of sp³-hybridized carbons (Fsp3) is 0.214. The van der Waals surface area contributed by atoms with Gasteiger partial charge in [-0.25, -0.2) is 0 Å². The molecule has 0 amide bonds. The molecule has 0 saturated carbocycles. The zero-order valence-electron chi connectivity index (χ0n) is 9.62. The molecule has 0 fully saturated rings. The third kappa shape index (κ3) is 1.64. The first-order valence-corrected chi connectivity index (χ1v) is 5.70. The molecular formula is C14H13NO2. The fourth-order valence-electron chi connectivity index (χ4n) is 2.20. The number of benzene rings is 1. The van der Waals surface area contributed by atoms with E-state index in [-0.39, 0.29) is 5.56 Å². The van der Waals surface area contributed by atoms with Crippen molar-refractivity contribution in [2.24, 2.45) is 0 Å². The van der Waals surface area contributed by atoms with Gasteiger partial charge in [0.2, 0.25) is 0 Å². The molecule has 1 N–H and O–H groups in total. The van der Waals surface area contributed by atoms with E-state index in [1.807, 2.05) is 25.1 Å². The van der Waals surface area contributed by atoms with Crippen LogP contribution in [0, 0.1) is 6.92 Å². The van der Waals surface area contributed by atoms with Crippen LogP contribution in [0.25, 0.3) is 11.1 Å². The standard InChI is InChI=1S/C14H13NO2/c1-9-7-11(8-15-14(9)16)12-4-2-3-10-5-6-17-13(10)12/h2-4,7-8H,5-6H2,1H3,(H,15,16). The second-order valence-corrected chi connectivity index (χ2v) is 4.29. The van der Waals surface area contributed by atoms with Gasteiger partial charge in [0.1, 0.15) is 5.75 Å². The van der Waals surface area contributed by atoms with Crippen LogP contribution < -0.4 is 10.3 Å². The topological polar surface area (TPSA) is 42.1 Å². The van der Waals surface area contributed by atoms with Gasteiger partial charge in [0, 0.05) is 29.3 Å². The number of aromatic nitrogens is 1. The Balaban J connectivity index is 2.19. The van der Waals surface area contributed by atoms with Crippen LogP contribution in [0.1, 0.15) is 11.1 Å². The van der Waals surface area contributed by atoms with E-state index in [1.54, 1.807) is 6.20 Å². The van der Waals surface area contributed by atoms with Gasteiger partial charge in [0.15, 0.2) is 0 Å². The van der Waals surface area contributed by atoms with Gasteiger partial charge in [-0.05, 0) is 18.6 Å². The molecular weight excluding hydrogens is 214 g/mol. The van der Waals surface area contributed by atoms with Crippen molar-refractivity contribution in [2.45, 2.75) is 13.3 Å². The van der Waals surface area contributed by atoms with E-state index in [0.29, 0.717) is 0 Å². The first kappa shape index (κ1) is 10.1. The first-order chi connectivity index (χ1) is 8.25. The summed E-state index contributed by atoms with van der Waals surface area (Å²) < 4.78 is 5.66. The molecule has 0 atom stereocenters. The van der Waals surface area contributed by atoms with Crippen molar-refractivity contribution in [1.82, 2.24) is 4.98 Å².